The third-order valence-corrected chi connectivity index (χ3v) is 4.22. The molecule has 6 heteroatoms. The van der Waals surface area contributed by atoms with Gasteiger partial charge in [-0.2, -0.15) is 0 Å². The molecule has 0 radical (unpaired) electrons. The first kappa shape index (κ1) is 16.5. The summed E-state index contributed by atoms with van der Waals surface area (Å²) >= 11 is 0. The van der Waals surface area contributed by atoms with E-state index in [4.69, 9.17) is 5.84 Å². The number of hydrogen-bond donors (Lipinski definition) is 2. The van der Waals surface area contributed by atoms with E-state index in [1.165, 1.54) is 5.56 Å². The molecule has 1 aromatic carbocycles. The van der Waals surface area contributed by atoms with Gasteiger partial charge in [-0.15, -0.1) is 0 Å². The van der Waals surface area contributed by atoms with Crippen LogP contribution in [0.15, 0.2) is 30.3 Å². The Kier molecular flexibility index (Phi) is 5.91. The lowest BCUT2D eigenvalue weighted by molar-refractivity contribution is -0.135. The lowest BCUT2D eigenvalue weighted by Gasteiger charge is -2.38. The summed E-state index contributed by atoms with van der Waals surface area (Å²) in [6.45, 7) is 5.31. The smallest absolute Gasteiger partial charge is 0.234 e. The van der Waals surface area contributed by atoms with Crippen molar-refractivity contribution >= 4 is 11.8 Å². The molecule has 0 spiro atoms. The molecule has 2 amide bonds. The molecular formula is C16H24N4O2. The molecule has 0 aliphatic carbocycles. The van der Waals surface area contributed by atoms with Gasteiger partial charge >= 0.3 is 0 Å². The number of nitrogens with two attached hydrogens (primary N) is 1. The maximum atomic E-state index is 12.1. The van der Waals surface area contributed by atoms with Crippen LogP contribution in [-0.4, -0.2) is 47.8 Å². The molecule has 120 valence electrons. The van der Waals surface area contributed by atoms with E-state index in [1.807, 2.05) is 28.5 Å². The van der Waals surface area contributed by atoms with Crippen LogP contribution >= 0.6 is 0 Å². The van der Waals surface area contributed by atoms with E-state index < -0.39 is 0 Å². The summed E-state index contributed by atoms with van der Waals surface area (Å²) in [4.78, 5) is 27.3. The second kappa shape index (κ2) is 7.91. The van der Waals surface area contributed by atoms with E-state index in [1.54, 1.807) is 0 Å². The molecule has 1 fully saturated rings. The lowest BCUT2D eigenvalue weighted by Crippen LogP contribution is -2.49. The Bertz CT molecular complexity index is 498. The van der Waals surface area contributed by atoms with Crippen LogP contribution in [0.25, 0.3) is 0 Å². The van der Waals surface area contributed by atoms with Crippen LogP contribution in [0.2, 0.25) is 0 Å². The zero-order valence-electron chi connectivity index (χ0n) is 13.0. The average Bonchev–Trinajstić information content (AvgIpc) is 2.59. The van der Waals surface area contributed by atoms with Gasteiger partial charge in [-0.3, -0.25) is 19.9 Å². The van der Waals surface area contributed by atoms with Gasteiger partial charge in [0.25, 0.3) is 0 Å². The first-order chi connectivity index (χ1) is 10.6. The van der Waals surface area contributed by atoms with Gasteiger partial charge in [-0.25, -0.2) is 5.84 Å². The summed E-state index contributed by atoms with van der Waals surface area (Å²) in [5.74, 6) is 4.73. The lowest BCUT2D eigenvalue weighted by atomic mass is 10.1. The maximum absolute atomic E-state index is 12.1. The highest BCUT2D eigenvalue weighted by Crippen LogP contribution is 2.21. The topological polar surface area (TPSA) is 78.7 Å². The summed E-state index contributed by atoms with van der Waals surface area (Å²) in [5.41, 5.74) is 3.34. The molecule has 1 saturated heterocycles. The Labute approximate surface area is 131 Å². The van der Waals surface area contributed by atoms with Gasteiger partial charge in [0.2, 0.25) is 11.8 Å². The monoisotopic (exact) mass is 304 g/mol. The van der Waals surface area contributed by atoms with Gasteiger partial charge in [-0.05, 0) is 12.5 Å². The average molecular weight is 304 g/mol. The van der Waals surface area contributed by atoms with Crippen LogP contribution in [0.3, 0.4) is 0 Å². The zero-order valence-corrected chi connectivity index (χ0v) is 13.0. The second-order valence-corrected chi connectivity index (χ2v) is 5.57. The summed E-state index contributed by atoms with van der Waals surface area (Å²) in [6.07, 6.45) is 0.368. The normalized spacial score (nSPS) is 17.1. The van der Waals surface area contributed by atoms with Crippen molar-refractivity contribution in [2.24, 2.45) is 5.84 Å². The van der Waals surface area contributed by atoms with Gasteiger partial charge in [0, 0.05) is 45.1 Å². The molecule has 0 aromatic heterocycles. The summed E-state index contributed by atoms with van der Waals surface area (Å²) in [7, 11) is 0. The van der Waals surface area contributed by atoms with Gasteiger partial charge in [0.05, 0.1) is 0 Å². The van der Waals surface area contributed by atoms with Gasteiger partial charge in [-0.1, -0.05) is 30.3 Å². The van der Waals surface area contributed by atoms with Crippen molar-refractivity contribution in [3.8, 4) is 0 Å². The van der Waals surface area contributed by atoms with E-state index in [2.05, 4.69) is 24.0 Å². The minimum Gasteiger partial charge on any atom is -0.340 e. The third-order valence-electron chi connectivity index (χ3n) is 4.22. The Balaban J connectivity index is 1.80. The molecule has 22 heavy (non-hydrogen) atoms. The number of carbonyl (C=O) groups is 2. The Morgan fingerprint density at radius 2 is 1.77 bits per heavy atom. The molecule has 1 heterocycles. The highest BCUT2D eigenvalue weighted by Gasteiger charge is 2.24. The van der Waals surface area contributed by atoms with Crippen LogP contribution in [0.4, 0.5) is 0 Å². The molecule has 1 aliphatic rings. The van der Waals surface area contributed by atoms with Crippen LogP contribution in [0, 0.1) is 0 Å². The quantitative estimate of drug-likeness (QED) is 0.476. The van der Waals surface area contributed by atoms with Crippen molar-refractivity contribution in [3.63, 3.8) is 0 Å². The first-order valence-electron chi connectivity index (χ1n) is 7.68. The largest absolute Gasteiger partial charge is 0.340 e. The fourth-order valence-electron chi connectivity index (χ4n) is 2.75. The Morgan fingerprint density at radius 1 is 1.14 bits per heavy atom. The van der Waals surface area contributed by atoms with Crippen LogP contribution in [-0.2, 0) is 9.59 Å². The van der Waals surface area contributed by atoms with Gasteiger partial charge in [0.15, 0.2) is 0 Å². The predicted octanol–water partition coefficient (Wildman–Crippen LogP) is 0.662. The second-order valence-electron chi connectivity index (χ2n) is 5.57. The van der Waals surface area contributed by atoms with Gasteiger partial charge in [0.1, 0.15) is 0 Å². The zero-order chi connectivity index (χ0) is 15.9. The van der Waals surface area contributed by atoms with Crippen LogP contribution < -0.4 is 11.3 Å². The van der Waals surface area contributed by atoms with Crippen LogP contribution in [0.5, 0.6) is 0 Å². The minimum atomic E-state index is -0.301. The van der Waals surface area contributed by atoms with Crippen molar-refractivity contribution in [2.45, 2.75) is 25.8 Å². The standard InChI is InChI=1S/C16H24N4O2/c1-13(14-5-3-2-4-6-14)19-9-11-20(12-10-19)16(22)8-7-15(21)18-17/h2-6,13H,7-12,17H2,1H3,(H,18,21). The summed E-state index contributed by atoms with van der Waals surface area (Å²) in [6, 6.07) is 10.7. The number of nitrogens with zero attached hydrogens (tertiary/aromatic N) is 2. The summed E-state index contributed by atoms with van der Waals surface area (Å²) in [5, 5.41) is 0. The number of hydrogen-bond acceptors (Lipinski definition) is 4. The molecule has 1 unspecified atom stereocenters. The summed E-state index contributed by atoms with van der Waals surface area (Å²) < 4.78 is 0. The molecule has 0 bridgehead atoms. The SMILES string of the molecule is CC(c1ccccc1)N1CCN(C(=O)CCC(=O)NN)CC1. The van der Waals surface area contributed by atoms with E-state index in [0.29, 0.717) is 19.1 Å². The number of amides is 2. The number of carbonyl (C=O) groups excluding carboxylic acids is 2. The minimum absolute atomic E-state index is 0.0237. The maximum Gasteiger partial charge on any atom is 0.234 e. The van der Waals surface area contributed by atoms with Crippen molar-refractivity contribution in [1.29, 1.82) is 0 Å². The number of benzene rings is 1. The van der Waals surface area contributed by atoms with Gasteiger partial charge < -0.3 is 4.90 Å². The van der Waals surface area contributed by atoms with Crippen molar-refractivity contribution in [1.82, 2.24) is 15.2 Å². The van der Waals surface area contributed by atoms with E-state index in [9.17, 15) is 9.59 Å². The predicted molar refractivity (Wildman–Crippen MR) is 84.6 cm³/mol. The Morgan fingerprint density at radius 3 is 2.36 bits per heavy atom. The fourth-order valence-corrected chi connectivity index (χ4v) is 2.75. The molecule has 3 N–H and O–H groups in total. The number of piperazine rings is 1. The molecule has 2 rings (SSSR count). The highest BCUT2D eigenvalue weighted by atomic mass is 16.2. The highest BCUT2D eigenvalue weighted by molar-refractivity contribution is 5.83. The van der Waals surface area contributed by atoms with Crippen LogP contribution in [0.1, 0.15) is 31.4 Å². The van der Waals surface area contributed by atoms with E-state index >= 15 is 0 Å². The van der Waals surface area contributed by atoms with E-state index in [-0.39, 0.29) is 24.7 Å². The van der Waals surface area contributed by atoms with E-state index in [0.717, 1.165) is 13.1 Å². The number of rotatable bonds is 5. The molecule has 1 atom stereocenters. The fraction of sp³-hybridized carbons (Fsp3) is 0.500. The molecular weight excluding hydrogens is 280 g/mol. The van der Waals surface area contributed by atoms with Crippen molar-refractivity contribution < 1.29 is 9.59 Å². The molecule has 1 aliphatic heterocycles. The number of hydrazine groups is 1. The Hall–Kier alpha value is -1.92. The first-order valence-corrected chi connectivity index (χ1v) is 7.68. The molecule has 6 nitrogen and oxygen atoms in total. The van der Waals surface area contributed by atoms with Crippen molar-refractivity contribution in [2.75, 3.05) is 26.2 Å². The molecule has 1 aromatic rings. The van der Waals surface area contributed by atoms with Crippen molar-refractivity contribution in [3.05, 3.63) is 35.9 Å². The number of nitrogens with one attached hydrogen (secondary N) is 1. The molecule has 0 saturated carbocycles. The third kappa shape index (κ3) is 4.29.